The minimum absolute atomic E-state index is 0.337. The highest BCUT2D eigenvalue weighted by Gasteiger charge is 2.07. The number of anilines is 1. The SMILES string of the molecule is Cc1cc(=O)oc2cc(N)ccc12.NC(=O)O.NC(CO)C(=O)O. The minimum Gasteiger partial charge on any atom is -0.480 e. The molecular formula is C14H19N3O7. The second-order valence-electron chi connectivity index (χ2n) is 4.47. The number of carboxylic acid groups (broad SMARTS) is 2. The van der Waals surface area contributed by atoms with Crippen LogP contribution in [-0.2, 0) is 4.79 Å². The third-order valence-corrected chi connectivity index (χ3v) is 2.49. The number of carboxylic acids is 1. The van der Waals surface area contributed by atoms with Crippen LogP contribution in [0.25, 0.3) is 11.0 Å². The molecule has 10 heteroatoms. The van der Waals surface area contributed by atoms with Crippen LogP contribution in [0.1, 0.15) is 5.56 Å². The van der Waals surface area contributed by atoms with E-state index < -0.39 is 24.7 Å². The Hall–Kier alpha value is -3.11. The van der Waals surface area contributed by atoms with Crippen molar-refractivity contribution in [3.8, 4) is 0 Å². The molecule has 1 aromatic carbocycles. The molecule has 0 aliphatic carbocycles. The standard InChI is InChI=1S/C10H9NO2.C3H7NO3.CH3NO2/c1-6-4-10(12)13-9-5-7(11)2-3-8(6)9;4-2(1-5)3(6)7;2-1(3)4/h2-5H,11H2,1H3;2,5H,1,4H2,(H,6,7);2H2,(H,3,4). The number of primary amides is 1. The molecule has 0 aliphatic rings. The maximum Gasteiger partial charge on any atom is 0.402 e. The Morgan fingerprint density at radius 3 is 2.21 bits per heavy atom. The summed E-state index contributed by atoms with van der Waals surface area (Å²) < 4.78 is 4.99. The van der Waals surface area contributed by atoms with E-state index in [0.717, 1.165) is 10.9 Å². The number of hydrogen-bond donors (Lipinski definition) is 6. The van der Waals surface area contributed by atoms with Crippen LogP contribution in [0.3, 0.4) is 0 Å². The van der Waals surface area contributed by atoms with Gasteiger partial charge in [0.15, 0.2) is 0 Å². The molecule has 0 bridgehead atoms. The first-order chi connectivity index (χ1) is 11.1. The van der Waals surface area contributed by atoms with Gasteiger partial charge in [0.05, 0.1) is 6.61 Å². The summed E-state index contributed by atoms with van der Waals surface area (Å²) in [5.41, 5.74) is 16.1. The van der Waals surface area contributed by atoms with E-state index in [4.69, 9.17) is 36.0 Å². The number of rotatable bonds is 2. The Kier molecular flexibility index (Phi) is 8.54. The predicted molar refractivity (Wildman–Crippen MR) is 86.5 cm³/mol. The van der Waals surface area contributed by atoms with Gasteiger partial charge in [0.1, 0.15) is 11.6 Å². The fourth-order valence-corrected chi connectivity index (χ4v) is 1.42. The lowest BCUT2D eigenvalue weighted by atomic mass is 10.1. The van der Waals surface area contributed by atoms with Gasteiger partial charge in [-0.1, -0.05) is 0 Å². The molecule has 9 N–H and O–H groups in total. The van der Waals surface area contributed by atoms with Gasteiger partial charge in [0, 0.05) is 23.2 Å². The number of amides is 1. The molecule has 10 nitrogen and oxygen atoms in total. The first kappa shape index (κ1) is 20.9. The third-order valence-electron chi connectivity index (χ3n) is 2.49. The zero-order valence-electron chi connectivity index (χ0n) is 12.8. The maximum absolute atomic E-state index is 11.0. The molecule has 2 rings (SSSR count). The van der Waals surface area contributed by atoms with Crippen molar-refractivity contribution in [1.82, 2.24) is 0 Å². The van der Waals surface area contributed by atoms with Gasteiger partial charge in [-0.05, 0) is 24.6 Å². The third kappa shape index (κ3) is 7.77. The van der Waals surface area contributed by atoms with Crippen LogP contribution < -0.4 is 22.8 Å². The van der Waals surface area contributed by atoms with Crippen molar-refractivity contribution in [3.63, 3.8) is 0 Å². The van der Waals surface area contributed by atoms with Gasteiger partial charge in [0.2, 0.25) is 0 Å². The molecule has 0 saturated carbocycles. The zero-order chi connectivity index (χ0) is 18.9. The monoisotopic (exact) mass is 341 g/mol. The van der Waals surface area contributed by atoms with Crippen LogP contribution in [0.2, 0.25) is 0 Å². The summed E-state index contributed by atoms with van der Waals surface area (Å²) in [6.07, 6.45) is -1.33. The van der Waals surface area contributed by atoms with E-state index in [9.17, 15) is 9.59 Å². The molecule has 1 amide bonds. The molecule has 1 atom stereocenters. The summed E-state index contributed by atoms with van der Waals surface area (Å²) >= 11 is 0. The molecule has 24 heavy (non-hydrogen) atoms. The molecule has 0 fully saturated rings. The van der Waals surface area contributed by atoms with Gasteiger partial charge >= 0.3 is 17.7 Å². The van der Waals surface area contributed by atoms with Crippen molar-refractivity contribution in [3.05, 3.63) is 40.2 Å². The lowest BCUT2D eigenvalue weighted by Gasteiger charge is -2.00. The quantitative estimate of drug-likeness (QED) is 0.313. The summed E-state index contributed by atoms with van der Waals surface area (Å²) in [5, 5.41) is 24.0. The number of benzene rings is 1. The van der Waals surface area contributed by atoms with Gasteiger partial charge in [-0.25, -0.2) is 9.59 Å². The largest absolute Gasteiger partial charge is 0.480 e. The number of aliphatic hydroxyl groups excluding tert-OH is 1. The molecule has 1 aromatic heterocycles. The van der Waals surface area contributed by atoms with Crippen LogP contribution in [0.15, 0.2) is 33.5 Å². The molecular weight excluding hydrogens is 322 g/mol. The topological polar surface area (TPSA) is 203 Å². The molecule has 0 radical (unpaired) electrons. The van der Waals surface area contributed by atoms with Crippen LogP contribution in [0.4, 0.5) is 10.5 Å². The average Bonchev–Trinajstić information content (AvgIpc) is 2.45. The zero-order valence-corrected chi connectivity index (χ0v) is 12.8. The van der Waals surface area contributed by atoms with Crippen molar-refractivity contribution in [1.29, 1.82) is 0 Å². The second kappa shape index (κ2) is 9.82. The van der Waals surface area contributed by atoms with E-state index in [1.165, 1.54) is 6.07 Å². The summed E-state index contributed by atoms with van der Waals surface area (Å²) in [6.45, 7) is 1.37. The fourth-order valence-electron chi connectivity index (χ4n) is 1.42. The Labute approximate surface area is 136 Å². The number of aryl methyl sites for hydroxylation is 1. The smallest absolute Gasteiger partial charge is 0.402 e. The van der Waals surface area contributed by atoms with E-state index in [0.29, 0.717) is 11.3 Å². The Balaban J connectivity index is 0.000000408. The van der Waals surface area contributed by atoms with Gasteiger partial charge in [-0.15, -0.1) is 0 Å². The highest BCUT2D eigenvalue weighted by Crippen LogP contribution is 2.18. The molecule has 2 aromatic rings. The van der Waals surface area contributed by atoms with E-state index in [2.05, 4.69) is 5.73 Å². The van der Waals surface area contributed by atoms with Gasteiger partial charge < -0.3 is 36.9 Å². The number of fused-ring (bicyclic) bond motifs is 1. The van der Waals surface area contributed by atoms with Crippen molar-refractivity contribution < 1.29 is 29.3 Å². The van der Waals surface area contributed by atoms with E-state index >= 15 is 0 Å². The Morgan fingerprint density at radius 1 is 1.25 bits per heavy atom. The average molecular weight is 341 g/mol. The highest BCUT2D eigenvalue weighted by molar-refractivity contribution is 5.82. The number of nitrogen functional groups attached to an aromatic ring is 1. The Bertz CT molecular complexity index is 754. The summed E-state index contributed by atoms with van der Waals surface area (Å²) in [5.74, 6) is -1.18. The van der Waals surface area contributed by atoms with Crippen LogP contribution in [0.5, 0.6) is 0 Å². The first-order valence-electron chi connectivity index (χ1n) is 6.46. The minimum atomic E-state index is -1.33. The number of nitrogens with two attached hydrogens (primary N) is 3. The van der Waals surface area contributed by atoms with Gasteiger partial charge in [-0.2, -0.15) is 0 Å². The Morgan fingerprint density at radius 2 is 1.79 bits per heavy atom. The second-order valence-corrected chi connectivity index (χ2v) is 4.47. The fraction of sp³-hybridized carbons (Fsp3) is 0.214. The van der Waals surface area contributed by atoms with Crippen LogP contribution >= 0.6 is 0 Å². The molecule has 0 aliphatic heterocycles. The number of hydrogen-bond acceptors (Lipinski definition) is 7. The number of aliphatic hydroxyl groups is 1. The van der Waals surface area contributed by atoms with E-state index in [1.807, 2.05) is 13.0 Å². The van der Waals surface area contributed by atoms with Crippen LogP contribution in [-0.4, -0.2) is 40.0 Å². The molecule has 1 heterocycles. The van der Waals surface area contributed by atoms with Crippen molar-refractivity contribution >= 4 is 28.7 Å². The van der Waals surface area contributed by atoms with E-state index in [-0.39, 0.29) is 5.63 Å². The first-order valence-corrected chi connectivity index (χ1v) is 6.46. The van der Waals surface area contributed by atoms with Gasteiger partial charge in [-0.3, -0.25) is 4.79 Å². The normalized spacial score (nSPS) is 10.6. The maximum atomic E-state index is 11.0. The lowest BCUT2D eigenvalue weighted by Crippen LogP contribution is -2.33. The summed E-state index contributed by atoms with van der Waals surface area (Å²) in [7, 11) is 0. The van der Waals surface area contributed by atoms with Crippen molar-refractivity contribution in [2.45, 2.75) is 13.0 Å². The van der Waals surface area contributed by atoms with Gasteiger partial charge in [0.25, 0.3) is 0 Å². The van der Waals surface area contributed by atoms with Crippen LogP contribution in [0, 0.1) is 6.92 Å². The molecule has 0 saturated heterocycles. The summed E-state index contributed by atoms with van der Waals surface area (Å²) in [6, 6.07) is 5.64. The van der Waals surface area contributed by atoms with Crippen molar-refractivity contribution in [2.24, 2.45) is 11.5 Å². The number of carbonyl (C=O) groups is 2. The predicted octanol–water partition coefficient (Wildman–Crippen LogP) is -0.303. The molecule has 0 spiro atoms. The molecule has 1 unspecified atom stereocenters. The summed E-state index contributed by atoms with van der Waals surface area (Å²) in [4.78, 5) is 29.4. The molecule has 132 valence electrons. The van der Waals surface area contributed by atoms with Crippen molar-refractivity contribution in [2.75, 3.05) is 12.3 Å². The van der Waals surface area contributed by atoms with E-state index in [1.54, 1.807) is 12.1 Å². The number of aliphatic carboxylic acids is 1. The lowest BCUT2D eigenvalue weighted by molar-refractivity contribution is -0.139. The highest BCUT2D eigenvalue weighted by atomic mass is 16.4.